The summed E-state index contributed by atoms with van der Waals surface area (Å²) >= 11 is 1.51. The van der Waals surface area contributed by atoms with Crippen LogP contribution in [0.4, 0.5) is 0 Å². The highest BCUT2D eigenvalue weighted by Gasteiger charge is 2.17. The minimum atomic E-state index is -0.219. The molecule has 0 saturated heterocycles. The number of rotatable bonds is 7. The van der Waals surface area contributed by atoms with Crippen LogP contribution in [0, 0.1) is 12.8 Å². The van der Waals surface area contributed by atoms with Crippen molar-refractivity contribution in [1.29, 1.82) is 0 Å². The van der Waals surface area contributed by atoms with Gasteiger partial charge in [0.05, 0.1) is 6.42 Å². The Morgan fingerprint density at radius 2 is 1.96 bits per heavy atom. The van der Waals surface area contributed by atoms with Gasteiger partial charge in [0.25, 0.3) is 5.56 Å². The first-order valence-corrected chi connectivity index (χ1v) is 11.0. The van der Waals surface area contributed by atoms with Crippen LogP contribution in [0.5, 0.6) is 0 Å². The number of amides is 1. The molecule has 1 fully saturated rings. The molecule has 1 aromatic heterocycles. The smallest absolute Gasteiger partial charge is 0.255 e. The van der Waals surface area contributed by atoms with Gasteiger partial charge in [0, 0.05) is 23.1 Å². The van der Waals surface area contributed by atoms with Crippen molar-refractivity contribution in [3.8, 4) is 0 Å². The van der Waals surface area contributed by atoms with Crippen molar-refractivity contribution in [3.05, 3.63) is 57.5 Å². The Bertz CT molecular complexity index is 845. The lowest BCUT2D eigenvalue weighted by molar-refractivity contribution is -0.120. The molecule has 0 radical (unpaired) electrons. The molecule has 1 atom stereocenters. The number of aromatic amines is 1. The van der Waals surface area contributed by atoms with E-state index < -0.39 is 0 Å². The number of carbonyl (C=O) groups is 1. The highest BCUT2D eigenvalue weighted by molar-refractivity contribution is 7.99. The van der Waals surface area contributed by atoms with E-state index in [-0.39, 0.29) is 23.1 Å². The zero-order valence-corrected chi connectivity index (χ0v) is 17.5. The zero-order valence-electron chi connectivity index (χ0n) is 16.7. The van der Waals surface area contributed by atoms with Crippen LogP contribution < -0.4 is 10.9 Å². The van der Waals surface area contributed by atoms with Gasteiger partial charge < -0.3 is 10.3 Å². The summed E-state index contributed by atoms with van der Waals surface area (Å²) in [5.41, 5.74) is 2.04. The van der Waals surface area contributed by atoms with Crippen molar-refractivity contribution in [1.82, 2.24) is 15.3 Å². The van der Waals surface area contributed by atoms with Gasteiger partial charge in [0.1, 0.15) is 0 Å². The molecule has 2 N–H and O–H groups in total. The third-order valence-electron chi connectivity index (χ3n) is 5.41. The predicted octanol–water partition coefficient (Wildman–Crippen LogP) is 4.17. The van der Waals surface area contributed by atoms with E-state index >= 15 is 0 Å². The Morgan fingerprint density at radius 1 is 1.25 bits per heavy atom. The highest BCUT2D eigenvalue weighted by atomic mass is 32.2. The Balaban J connectivity index is 1.60. The minimum Gasteiger partial charge on any atom is -0.356 e. The maximum Gasteiger partial charge on any atom is 0.255 e. The fraction of sp³-hybridized carbons (Fsp3) is 0.500. The van der Waals surface area contributed by atoms with Crippen LogP contribution in [0.3, 0.4) is 0 Å². The molecule has 0 bridgehead atoms. The SMILES string of the molecule is Cc1nc(SC(C)c2ccccc2)[nH]c(=O)c1CC(=O)NCC1CCCCC1. The monoisotopic (exact) mass is 399 g/mol. The topological polar surface area (TPSA) is 74.8 Å². The first kappa shape index (κ1) is 20.6. The number of thioether (sulfide) groups is 1. The quantitative estimate of drug-likeness (QED) is 0.541. The number of benzene rings is 1. The summed E-state index contributed by atoms with van der Waals surface area (Å²) in [6.07, 6.45) is 6.27. The third-order valence-corrected chi connectivity index (χ3v) is 6.45. The number of nitrogens with one attached hydrogen (secondary N) is 2. The van der Waals surface area contributed by atoms with Crippen molar-refractivity contribution < 1.29 is 4.79 Å². The van der Waals surface area contributed by atoms with E-state index in [4.69, 9.17) is 0 Å². The van der Waals surface area contributed by atoms with Gasteiger partial charge in [-0.3, -0.25) is 9.59 Å². The van der Waals surface area contributed by atoms with Crippen LogP contribution in [-0.2, 0) is 11.2 Å². The summed E-state index contributed by atoms with van der Waals surface area (Å²) in [5, 5.41) is 3.76. The molecule has 3 rings (SSSR count). The molecular formula is C22H29N3O2S. The number of carbonyl (C=O) groups excluding carboxylic acids is 1. The van der Waals surface area contributed by atoms with Crippen LogP contribution in [-0.4, -0.2) is 22.4 Å². The van der Waals surface area contributed by atoms with Gasteiger partial charge in [-0.25, -0.2) is 4.98 Å². The number of aryl methyl sites for hydroxylation is 1. The zero-order chi connectivity index (χ0) is 19.9. The Morgan fingerprint density at radius 3 is 2.64 bits per heavy atom. The summed E-state index contributed by atoms with van der Waals surface area (Å²) in [7, 11) is 0. The molecule has 1 saturated carbocycles. The van der Waals surface area contributed by atoms with Crippen molar-refractivity contribution in [2.75, 3.05) is 6.54 Å². The van der Waals surface area contributed by atoms with Crippen LogP contribution in [0.2, 0.25) is 0 Å². The van der Waals surface area contributed by atoms with Crippen LogP contribution in [0.25, 0.3) is 0 Å². The maximum absolute atomic E-state index is 12.5. The number of hydrogen-bond acceptors (Lipinski definition) is 4. The van der Waals surface area contributed by atoms with Crippen LogP contribution in [0.1, 0.15) is 61.1 Å². The average Bonchev–Trinajstić information content (AvgIpc) is 2.70. The summed E-state index contributed by atoms with van der Waals surface area (Å²) in [5.74, 6) is 0.479. The summed E-state index contributed by atoms with van der Waals surface area (Å²) < 4.78 is 0. The number of nitrogens with zero attached hydrogens (tertiary/aromatic N) is 1. The summed E-state index contributed by atoms with van der Waals surface area (Å²) in [6, 6.07) is 10.1. The first-order valence-electron chi connectivity index (χ1n) is 10.1. The van der Waals surface area contributed by atoms with Gasteiger partial charge >= 0.3 is 0 Å². The lowest BCUT2D eigenvalue weighted by Gasteiger charge is -2.21. The van der Waals surface area contributed by atoms with E-state index in [2.05, 4.69) is 34.3 Å². The van der Waals surface area contributed by atoms with E-state index in [1.165, 1.54) is 49.4 Å². The standard InChI is InChI=1S/C22H29N3O2S/c1-15-19(13-20(26)23-14-17-9-5-3-6-10-17)21(27)25-22(24-15)28-16(2)18-11-7-4-8-12-18/h4,7-8,11-12,16-17H,3,5-6,9-10,13-14H2,1-2H3,(H,23,26)(H,24,25,27). The normalized spacial score (nSPS) is 15.9. The third kappa shape index (κ3) is 5.71. The van der Waals surface area contributed by atoms with Crippen molar-refractivity contribution in [3.63, 3.8) is 0 Å². The highest BCUT2D eigenvalue weighted by Crippen LogP contribution is 2.32. The molecule has 5 nitrogen and oxygen atoms in total. The van der Waals surface area contributed by atoms with Gasteiger partial charge in [0.2, 0.25) is 5.91 Å². The van der Waals surface area contributed by atoms with Gasteiger partial charge in [-0.15, -0.1) is 0 Å². The first-order chi connectivity index (χ1) is 13.5. The molecule has 1 heterocycles. The molecular weight excluding hydrogens is 370 g/mol. The second-order valence-electron chi connectivity index (χ2n) is 7.59. The molecule has 1 aromatic carbocycles. The van der Waals surface area contributed by atoms with Crippen LogP contribution >= 0.6 is 11.8 Å². The molecule has 0 aliphatic heterocycles. The molecule has 2 aromatic rings. The van der Waals surface area contributed by atoms with Gasteiger partial charge in [0.15, 0.2) is 5.16 Å². The maximum atomic E-state index is 12.5. The lowest BCUT2D eigenvalue weighted by atomic mass is 9.89. The predicted molar refractivity (Wildman–Crippen MR) is 114 cm³/mol. The molecule has 1 aliphatic carbocycles. The molecule has 1 amide bonds. The van der Waals surface area contributed by atoms with E-state index in [0.29, 0.717) is 28.9 Å². The Labute approximate surface area is 170 Å². The fourth-order valence-corrected chi connectivity index (χ4v) is 4.65. The number of H-pyrrole nitrogens is 1. The molecule has 1 aliphatic rings. The van der Waals surface area contributed by atoms with E-state index in [1.54, 1.807) is 6.92 Å². The molecule has 150 valence electrons. The Hall–Kier alpha value is -2.08. The number of aromatic nitrogens is 2. The van der Waals surface area contributed by atoms with Crippen molar-refractivity contribution >= 4 is 17.7 Å². The second-order valence-corrected chi connectivity index (χ2v) is 8.92. The van der Waals surface area contributed by atoms with Gasteiger partial charge in [-0.2, -0.15) is 0 Å². The molecule has 1 unspecified atom stereocenters. The summed E-state index contributed by atoms with van der Waals surface area (Å²) in [6.45, 7) is 4.60. The number of hydrogen-bond donors (Lipinski definition) is 2. The van der Waals surface area contributed by atoms with Crippen LogP contribution in [0.15, 0.2) is 40.3 Å². The van der Waals surface area contributed by atoms with E-state index in [1.807, 2.05) is 18.2 Å². The minimum absolute atomic E-state index is 0.0834. The molecule has 28 heavy (non-hydrogen) atoms. The molecule has 0 spiro atoms. The largest absolute Gasteiger partial charge is 0.356 e. The summed E-state index contributed by atoms with van der Waals surface area (Å²) in [4.78, 5) is 32.2. The van der Waals surface area contributed by atoms with Gasteiger partial charge in [-0.05, 0) is 38.2 Å². The van der Waals surface area contributed by atoms with Crippen molar-refractivity contribution in [2.45, 2.75) is 62.8 Å². The molecule has 6 heteroatoms. The average molecular weight is 400 g/mol. The van der Waals surface area contributed by atoms with E-state index in [0.717, 1.165) is 0 Å². The fourth-order valence-electron chi connectivity index (χ4n) is 3.68. The second kappa shape index (κ2) is 9.92. The van der Waals surface area contributed by atoms with Crippen molar-refractivity contribution in [2.24, 2.45) is 5.92 Å². The van der Waals surface area contributed by atoms with Gasteiger partial charge in [-0.1, -0.05) is 61.4 Å². The Kier molecular flexibility index (Phi) is 7.31. The lowest BCUT2D eigenvalue weighted by Crippen LogP contribution is -2.33. The van der Waals surface area contributed by atoms with E-state index in [9.17, 15) is 9.59 Å².